The van der Waals surface area contributed by atoms with Crippen molar-refractivity contribution >= 4 is 17.6 Å². The molecule has 0 spiro atoms. The van der Waals surface area contributed by atoms with Crippen LogP contribution >= 0.6 is 0 Å². The van der Waals surface area contributed by atoms with Gasteiger partial charge in [0.05, 0.1) is 0 Å². The molecule has 0 aliphatic heterocycles. The topological polar surface area (TPSA) is 29.4 Å². The highest BCUT2D eigenvalue weighted by molar-refractivity contribution is 6.33. The summed E-state index contributed by atoms with van der Waals surface area (Å²) in [4.78, 5) is 16.5. The molecular weight excluding hydrogens is 234 g/mol. The molecule has 19 heavy (non-hydrogen) atoms. The summed E-state index contributed by atoms with van der Waals surface area (Å²) in [5, 5.41) is 0. The van der Waals surface area contributed by atoms with Gasteiger partial charge in [0.25, 0.3) is 0 Å². The molecule has 0 fully saturated rings. The van der Waals surface area contributed by atoms with Crippen molar-refractivity contribution in [3.05, 3.63) is 65.9 Å². The van der Waals surface area contributed by atoms with E-state index in [4.69, 9.17) is 0 Å². The van der Waals surface area contributed by atoms with Crippen molar-refractivity contribution in [3.63, 3.8) is 0 Å². The Hall–Kier alpha value is -2.48. The molecule has 0 N–H and O–H groups in total. The van der Waals surface area contributed by atoms with Gasteiger partial charge in [-0.2, -0.15) is 0 Å². The number of nitrogens with zero attached hydrogens (tertiary/aromatic N) is 1. The van der Waals surface area contributed by atoms with E-state index in [1.807, 2.05) is 37.3 Å². The summed E-state index contributed by atoms with van der Waals surface area (Å²) in [7, 11) is 0. The number of Topliss-reactive ketones (excluding diaryl/α,β-unsaturated/α-hetero) is 1. The minimum absolute atomic E-state index is 0.0988. The van der Waals surface area contributed by atoms with E-state index >= 15 is 0 Å². The van der Waals surface area contributed by atoms with Gasteiger partial charge in [0.2, 0.25) is 0 Å². The Labute approximate surface area is 112 Å². The van der Waals surface area contributed by atoms with Crippen LogP contribution in [0.4, 0.5) is 0 Å². The molecule has 0 saturated heterocycles. The number of aliphatic imine (C=N–C) groups is 1. The standard InChI is InChI=1S/C17H13NO/c1-3-18-10-15-11(2)17(19)16-13-8-6-4-5-7-12(13)9-14(15)16/h3-10H,1H2,2H3/b18-10-. The number of hydrogen-bond donors (Lipinski definition) is 0. The van der Waals surface area contributed by atoms with E-state index < -0.39 is 0 Å². The first-order chi connectivity index (χ1) is 9.24. The van der Waals surface area contributed by atoms with Crippen LogP contribution in [0.3, 0.4) is 0 Å². The molecule has 0 saturated carbocycles. The quantitative estimate of drug-likeness (QED) is 0.738. The van der Waals surface area contributed by atoms with Crippen molar-refractivity contribution < 1.29 is 4.79 Å². The predicted molar refractivity (Wildman–Crippen MR) is 78.7 cm³/mol. The molecule has 92 valence electrons. The molecular formula is C17H13NO. The van der Waals surface area contributed by atoms with Crippen LogP contribution in [-0.2, 0) is 0 Å². The lowest BCUT2D eigenvalue weighted by Crippen LogP contribution is -1.95. The highest BCUT2D eigenvalue weighted by Crippen LogP contribution is 2.41. The number of hydrogen-bond acceptors (Lipinski definition) is 2. The fraction of sp³-hybridized carbons (Fsp3) is 0.0588. The third-order valence-corrected chi connectivity index (χ3v) is 3.48. The Bertz CT molecular complexity index is 722. The van der Waals surface area contributed by atoms with E-state index in [9.17, 15) is 4.79 Å². The molecule has 0 radical (unpaired) electrons. The second kappa shape index (κ2) is 4.32. The summed E-state index contributed by atoms with van der Waals surface area (Å²) in [5.74, 6) is 0.0988. The lowest BCUT2D eigenvalue weighted by atomic mass is 10.1. The van der Waals surface area contributed by atoms with Gasteiger partial charge in [-0.15, -0.1) is 0 Å². The van der Waals surface area contributed by atoms with E-state index in [2.05, 4.69) is 17.6 Å². The van der Waals surface area contributed by atoms with Crippen molar-refractivity contribution in [1.29, 1.82) is 0 Å². The number of rotatable bonds is 2. The first-order valence-electron chi connectivity index (χ1n) is 6.16. The third kappa shape index (κ3) is 1.65. The zero-order valence-electron chi connectivity index (χ0n) is 10.7. The SMILES string of the molecule is C=C/N=C\C1=C(C)C(=O)c2c1cc1cccccc2-1. The number of fused-ring (bicyclic) bond motifs is 3. The number of ketones is 1. The molecule has 0 unspecified atom stereocenters. The zero-order valence-corrected chi connectivity index (χ0v) is 10.7. The van der Waals surface area contributed by atoms with Crippen molar-refractivity contribution in [2.24, 2.45) is 4.99 Å². The molecule has 0 atom stereocenters. The smallest absolute Gasteiger partial charge is 0.190 e. The third-order valence-electron chi connectivity index (χ3n) is 3.48. The predicted octanol–water partition coefficient (Wildman–Crippen LogP) is 3.98. The van der Waals surface area contributed by atoms with Gasteiger partial charge in [-0.25, -0.2) is 0 Å². The molecule has 0 aromatic carbocycles. The number of carbonyl (C=O) groups is 1. The first-order valence-corrected chi connectivity index (χ1v) is 6.16. The van der Waals surface area contributed by atoms with E-state index in [1.54, 1.807) is 6.21 Å². The summed E-state index contributed by atoms with van der Waals surface area (Å²) >= 11 is 0. The number of carbonyl (C=O) groups excluding carboxylic acids is 1. The minimum atomic E-state index is 0.0988. The van der Waals surface area contributed by atoms with Crippen LogP contribution in [0.15, 0.2) is 59.7 Å². The average Bonchev–Trinajstić information content (AvgIpc) is 2.74. The van der Waals surface area contributed by atoms with Crippen LogP contribution in [0.1, 0.15) is 22.8 Å². The molecule has 2 heteroatoms. The second-order valence-electron chi connectivity index (χ2n) is 4.54. The largest absolute Gasteiger partial charge is 0.289 e. The van der Waals surface area contributed by atoms with Gasteiger partial charge in [0, 0.05) is 29.1 Å². The van der Waals surface area contributed by atoms with Crippen LogP contribution < -0.4 is 0 Å². The van der Waals surface area contributed by atoms with E-state index in [0.29, 0.717) is 0 Å². The summed E-state index contributed by atoms with van der Waals surface area (Å²) in [6, 6.07) is 12.0. The van der Waals surface area contributed by atoms with Gasteiger partial charge in [-0.1, -0.05) is 36.9 Å². The Morgan fingerprint density at radius 1 is 1.16 bits per heavy atom. The maximum atomic E-state index is 12.4. The van der Waals surface area contributed by atoms with Gasteiger partial charge in [-0.05, 0) is 29.7 Å². The zero-order chi connectivity index (χ0) is 13.4. The van der Waals surface area contributed by atoms with E-state index in [1.165, 1.54) is 6.20 Å². The molecule has 0 aromatic heterocycles. The van der Waals surface area contributed by atoms with E-state index in [0.717, 1.165) is 33.4 Å². The molecule has 0 amide bonds. The lowest BCUT2D eigenvalue weighted by molar-refractivity contribution is 0.103. The fourth-order valence-corrected chi connectivity index (χ4v) is 2.55. The van der Waals surface area contributed by atoms with E-state index in [-0.39, 0.29) is 5.78 Å². The molecule has 0 aromatic rings. The summed E-state index contributed by atoms with van der Waals surface area (Å²) < 4.78 is 0. The minimum Gasteiger partial charge on any atom is -0.289 e. The Morgan fingerprint density at radius 2 is 1.95 bits per heavy atom. The van der Waals surface area contributed by atoms with Crippen LogP contribution in [0.25, 0.3) is 16.7 Å². The molecule has 3 rings (SSSR count). The highest BCUT2D eigenvalue weighted by Gasteiger charge is 2.31. The number of allylic oxidation sites excluding steroid dienone is 2. The Morgan fingerprint density at radius 3 is 2.74 bits per heavy atom. The fourth-order valence-electron chi connectivity index (χ4n) is 2.55. The summed E-state index contributed by atoms with van der Waals surface area (Å²) in [5.41, 5.74) is 5.53. The van der Waals surface area contributed by atoms with Crippen LogP contribution in [0.5, 0.6) is 0 Å². The first kappa shape index (κ1) is 11.6. The summed E-state index contributed by atoms with van der Waals surface area (Å²) in [6.45, 7) is 5.42. The van der Waals surface area contributed by atoms with Crippen molar-refractivity contribution in [3.8, 4) is 11.1 Å². The molecule has 3 aliphatic carbocycles. The monoisotopic (exact) mass is 247 g/mol. The van der Waals surface area contributed by atoms with Crippen LogP contribution in [-0.4, -0.2) is 12.0 Å². The van der Waals surface area contributed by atoms with Crippen LogP contribution in [0, 0.1) is 0 Å². The maximum absolute atomic E-state index is 12.4. The van der Waals surface area contributed by atoms with Gasteiger partial charge in [0.1, 0.15) is 0 Å². The Balaban J connectivity index is 2.29. The summed E-state index contributed by atoms with van der Waals surface area (Å²) in [6.07, 6.45) is 3.19. The average molecular weight is 247 g/mol. The molecule has 2 nitrogen and oxygen atoms in total. The van der Waals surface area contributed by atoms with Gasteiger partial charge in [-0.3, -0.25) is 9.79 Å². The van der Waals surface area contributed by atoms with Gasteiger partial charge >= 0.3 is 0 Å². The van der Waals surface area contributed by atoms with Crippen molar-refractivity contribution in [1.82, 2.24) is 0 Å². The van der Waals surface area contributed by atoms with Crippen LogP contribution in [0.2, 0.25) is 0 Å². The van der Waals surface area contributed by atoms with Crippen molar-refractivity contribution in [2.75, 3.05) is 0 Å². The maximum Gasteiger partial charge on any atom is 0.190 e. The molecule has 0 heterocycles. The second-order valence-corrected chi connectivity index (χ2v) is 4.54. The molecule has 0 bridgehead atoms. The van der Waals surface area contributed by atoms with Crippen molar-refractivity contribution in [2.45, 2.75) is 6.92 Å². The van der Waals surface area contributed by atoms with Gasteiger partial charge in [0.15, 0.2) is 5.78 Å². The van der Waals surface area contributed by atoms with Gasteiger partial charge < -0.3 is 0 Å². The molecule has 3 aliphatic rings. The Kier molecular flexibility index (Phi) is 2.64. The lowest BCUT2D eigenvalue weighted by Gasteiger charge is -1.97. The normalized spacial score (nSPS) is 14.5. The highest BCUT2D eigenvalue weighted by atomic mass is 16.1.